The van der Waals surface area contributed by atoms with Gasteiger partial charge in [-0.3, -0.25) is 0 Å². The average molecular weight is 363 g/mol. The second-order valence-electron chi connectivity index (χ2n) is 6.26. The molecule has 0 aliphatic carbocycles. The Morgan fingerprint density at radius 3 is 2.36 bits per heavy atom. The molecule has 0 heterocycles. The fraction of sp³-hybridized carbons (Fsp3) is 0.316. The fourth-order valence-corrected chi connectivity index (χ4v) is 2.50. The molecule has 25 heavy (non-hydrogen) atoms. The first kappa shape index (κ1) is 18.9. The Hall–Kier alpha value is -2.40. The summed E-state index contributed by atoms with van der Waals surface area (Å²) in [5, 5.41) is 6.38. The van der Waals surface area contributed by atoms with E-state index in [9.17, 15) is 4.79 Å². The molecule has 5 nitrogen and oxygen atoms in total. The number of carbonyl (C=O) groups excluding carboxylic acids is 1. The van der Waals surface area contributed by atoms with Gasteiger partial charge in [0.2, 0.25) is 0 Å². The lowest BCUT2D eigenvalue weighted by molar-refractivity contribution is 0.249. The number of benzene rings is 2. The quantitative estimate of drug-likeness (QED) is 0.797. The molecular formula is C19H23ClN2O3. The lowest BCUT2D eigenvalue weighted by atomic mass is 9.85. The highest BCUT2D eigenvalue weighted by molar-refractivity contribution is 6.30. The Bertz CT molecular complexity index is 730. The number of hydrogen-bond donors (Lipinski definition) is 2. The maximum Gasteiger partial charge on any atom is 0.319 e. The monoisotopic (exact) mass is 362 g/mol. The molecule has 6 heteroatoms. The molecule has 0 saturated heterocycles. The van der Waals surface area contributed by atoms with Crippen molar-refractivity contribution in [3.05, 3.63) is 53.1 Å². The Morgan fingerprint density at radius 2 is 1.76 bits per heavy atom. The molecule has 0 fully saturated rings. The van der Waals surface area contributed by atoms with E-state index in [2.05, 4.69) is 24.5 Å². The summed E-state index contributed by atoms with van der Waals surface area (Å²) >= 11 is 5.93. The summed E-state index contributed by atoms with van der Waals surface area (Å²) in [7, 11) is 3.12. The number of nitrogens with one attached hydrogen (secondary N) is 2. The van der Waals surface area contributed by atoms with Gasteiger partial charge in [-0.05, 0) is 29.8 Å². The maximum atomic E-state index is 12.2. The van der Waals surface area contributed by atoms with Crippen molar-refractivity contribution in [2.75, 3.05) is 26.1 Å². The van der Waals surface area contributed by atoms with E-state index in [0.29, 0.717) is 28.8 Å². The first-order chi connectivity index (χ1) is 11.9. The summed E-state index contributed by atoms with van der Waals surface area (Å²) in [5.41, 5.74) is 1.44. The van der Waals surface area contributed by atoms with Gasteiger partial charge < -0.3 is 20.1 Å². The van der Waals surface area contributed by atoms with Crippen LogP contribution in [0.5, 0.6) is 11.5 Å². The van der Waals surface area contributed by atoms with Gasteiger partial charge in [-0.15, -0.1) is 0 Å². The van der Waals surface area contributed by atoms with Crippen LogP contribution in [0.4, 0.5) is 10.5 Å². The second-order valence-corrected chi connectivity index (χ2v) is 6.70. The van der Waals surface area contributed by atoms with Crippen molar-refractivity contribution in [2.45, 2.75) is 19.3 Å². The van der Waals surface area contributed by atoms with E-state index in [1.54, 1.807) is 32.4 Å². The Morgan fingerprint density at radius 1 is 1.08 bits per heavy atom. The van der Waals surface area contributed by atoms with Crippen LogP contribution in [0.2, 0.25) is 5.02 Å². The number of halogens is 1. The first-order valence-electron chi connectivity index (χ1n) is 7.88. The molecule has 2 rings (SSSR count). The zero-order valence-electron chi connectivity index (χ0n) is 14.9. The van der Waals surface area contributed by atoms with Crippen LogP contribution >= 0.6 is 11.6 Å². The van der Waals surface area contributed by atoms with Crippen molar-refractivity contribution >= 4 is 23.3 Å². The van der Waals surface area contributed by atoms with Crippen molar-refractivity contribution in [3.63, 3.8) is 0 Å². The highest BCUT2D eigenvalue weighted by Crippen LogP contribution is 2.29. The zero-order valence-corrected chi connectivity index (χ0v) is 15.6. The van der Waals surface area contributed by atoms with Crippen LogP contribution in [-0.2, 0) is 5.41 Å². The molecule has 2 aromatic rings. The van der Waals surface area contributed by atoms with Gasteiger partial charge in [-0.1, -0.05) is 37.6 Å². The molecule has 134 valence electrons. The molecule has 0 aromatic heterocycles. The molecule has 0 saturated carbocycles. The number of anilines is 1. The molecule has 0 atom stereocenters. The summed E-state index contributed by atoms with van der Waals surface area (Å²) in [6.07, 6.45) is 0. The van der Waals surface area contributed by atoms with Gasteiger partial charge in [-0.2, -0.15) is 0 Å². The summed E-state index contributed by atoms with van der Waals surface area (Å²) < 4.78 is 10.4. The number of amides is 2. The predicted octanol–water partition coefficient (Wildman–Crippen LogP) is 4.46. The lowest BCUT2D eigenvalue weighted by Crippen LogP contribution is -2.39. The Balaban J connectivity index is 1.99. The van der Waals surface area contributed by atoms with E-state index in [-0.39, 0.29) is 11.4 Å². The predicted molar refractivity (Wildman–Crippen MR) is 101 cm³/mol. The van der Waals surface area contributed by atoms with Gasteiger partial charge in [0.05, 0.1) is 19.9 Å². The lowest BCUT2D eigenvalue weighted by Gasteiger charge is -2.26. The van der Waals surface area contributed by atoms with Gasteiger partial charge in [-0.25, -0.2) is 4.79 Å². The van der Waals surface area contributed by atoms with E-state index < -0.39 is 0 Å². The van der Waals surface area contributed by atoms with Crippen molar-refractivity contribution in [1.82, 2.24) is 5.32 Å². The summed E-state index contributed by atoms with van der Waals surface area (Å²) in [4.78, 5) is 12.2. The van der Waals surface area contributed by atoms with Crippen molar-refractivity contribution in [3.8, 4) is 11.5 Å². The van der Waals surface area contributed by atoms with E-state index in [1.807, 2.05) is 24.3 Å². The molecule has 0 bridgehead atoms. The number of carbonyl (C=O) groups is 1. The number of hydrogen-bond acceptors (Lipinski definition) is 3. The Kier molecular flexibility index (Phi) is 6.15. The summed E-state index contributed by atoms with van der Waals surface area (Å²) in [6.45, 7) is 4.59. The van der Waals surface area contributed by atoms with Gasteiger partial charge in [0.25, 0.3) is 0 Å². The van der Waals surface area contributed by atoms with E-state index in [1.165, 1.54) is 0 Å². The molecule has 0 aliphatic heterocycles. The van der Waals surface area contributed by atoms with Crippen LogP contribution in [0, 0.1) is 0 Å². The fourth-order valence-electron chi connectivity index (χ4n) is 2.37. The minimum Gasteiger partial charge on any atom is -0.497 e. The largest absolute Gasteiger partial charge is 0.497 e. The van der Waals surface area contributed by atoms with Crippen LogP contribution in [0.1, 0.15) is 19.4 Å². The molecule has 2 N–H and O–H groups in total. The highest BCUT2D eigenvalue weighted by atomic mass is 35.5. The number of ether oxygens (including phenoxy) is 2. The van der Waals surface area contributed by atoms with Crippen LogP contribution in [-0.4, -0.2) is 26.8 Å². The second kappa shape index (κ2) is 8.12. The number of methoxy groups -OCH3 is 2. The van der Waals surface area contributed by atoms with Gasteiger partial charge in [0, 0.05) is 23.0 Å². The molecule has 0 aliphatic rings. The van der Waals surface area contributed by atoms with E-state index in [4.69, 9.17) is 21.1 Å². The smallest absolute Gasteiger partial charge is 0.319 e. The number of rotatable bonds is 6. The third-order valence-corrected chi connectivity index (χ3v) is 4.23. The Labute approximate surface area is 153 Å². The van der Waals surface area contributed by atoms with Crippen LogP contribution < -0.4 is 20.1 Å². The van der Waals surface area contributed by atoms with E-state index in [0.717, 1.165) is 5.56 Å². The first-order valence-corrected chi connectivity index (χ1v) is 8.26. The SMILES string of the molecule is COc1ccc(NC(=O)NCC(C)(C)c2ccc(Cl)cc2)c(OC)c1. The van der Waals surface area contributed by atoms with Gasteiger partial charge in [0.15, 0.2) is 0 Å². The topological polar surface area (TPSA) is 59.6 Å². The third kappa shape index (κ3) is 5.03. The normalized spacial score (nSPS) is 10.9. The standard InChI is InChI=1S/C19H23ClN2O3/c1-19(2,13-5-7-14(20)8-6-13)12-21-18(23)22-16-10-9-15(24-3)11-17(16)25-4/h5-11H,12H2,1-4H3,(H2,21,22,23). The third-order valence-electron chi connectivity index (χ3n) is 3.97. The molecular weight excluding hydrogens is 340 g/mol. The molecule has 2 amide bonds. The average Bonchev–Trinajstić information content (AvgIpc) is 2.61. The van der Waals surface area contributed by atoms with Crippen LogP contribution in [0.25, 0.3) is 0 Å². The van der Waals surface area contributed by atoms with E-state index >= 15 is 0 Å². The number of urea groups is 1. The van der Waals surface area contributed by atoms with Gasteiger partial charge in [0.1, 0.15) is 11.5 Å². The van der Waals surface area contributed by atoms with Crippen molar-refractivity contribution in [2.24, 2.45) is 0 Å². The van der Waals surface area contributed by atoms with Crippen molar-refractivity contribution < 1.29 is 14.3 Å². The minimum absolute atomic E-state index is 0.230. The molecule has 2 aromatic carbocycles. The van der Waals surface area contributed by atoms with Crippen LogP contribution in [0.3, 0.4) is 0 Å². The molecule has 0 radical (unpaired) electrons. The summed E-state index contributed by atoms with van der Waals surface area (Å²) in [5.74, 6) is 1.19. The van der Waals surface area contributed by atoms with Gasteiger partial charge >= 0.3 is 6.03 Å². The molecule has 0 unspecified atom stereocenters. The molecule has 0 spiro atoms. The highest BCUT2D eigenvalue weighted by Gasteiger charge is 2.21. The maximum absolute atomic E-state index is 12.2. The summed E-state index contributed by atoms with van der Waals surface area (Å²) in [6, 6.07) is 12.5. The van der Waals surface area contributed by atoms with Crippen molar-refractivity contribution in [1.29, 1.82) is 0 Å². The zero-order chi connectivity index (χ0) is 18.4. The van der Waals surface area contributed by atoms with Crippen LogP contribution in [0.15, 0.2) is 42.5 Å². The minimum atomic E-state index is -0.300.